The van der Waals surface area contributed by atoms with Gasteiger partial charge in [-0.1, -0.05) is 91.0 Å². The molecular weight excluding hydrogens is 486 g/mol. The Kier molecular flexibility index (Phi) is 8.66. The molecule has 0 saturated heterocycles. The maximum absolute atomic E-state index is 12.6. The number of aryl methyl sites for hydroxylation is 1. The van der Waals surface area contributed by atoms with E-state index in [1.807, 2.05) is 72.9 Å². The van der Waals surface area contributed by atoms with Gasteiger partial charge in [0.05, 0.1) is 12.3 Å². The molecule has 3 aromatic carbocycles. The van der Waals surface area contributed by atoms with E-state index in [0.717, 1.165) is 39.2 Å². The number of carbonyl (C=O) groups is 1. The molecule has 0 radical (unpaired) electrons. The highest BCUT2D eigenvalue weighted by atomic mass is 16.5. The van der Waals surface area contributed by atoms with Crippen LogP contribution in [0.2, 0.25) is 0 Å². The number of hydrogen-bond acceptors (Lipinski definition) is 4. The Labute approximate surface area is 229 Å². The summed E-state index contributed by atoms with van der Waals surface area (Å²) in [5.41, 5.74) is 7.29. The third-order valence-electron chi connectivity index (χ3n) is 6.67. The van der Waals surface area contributed by atoms with E-state index < -0.39 is 6.09 Å². The second-order valence-corrected chi connectivity index (χ2v) is 9.68. The molecule has 1 atom stereocenters. The van der Waals surface area contributed by atoms with Crippen molar-refractivity contribution >= 4 is 11.7 Å². The minimum absolute atomic E-state index is 0.132. The molecule has 39 heavy (non-hydrogen) atoms. The van der Waals surface area contributed by atoms with Crippen LogP contribution in [0.15, 0.2) is 109 Å². The van der Waals surface area contributed by atoms with E-state index in [-0.39, 0.29) is 12.6 Å². The molecule has 2 heterocycles. The van der Waals surface area contributed by atoms with Crippen molar-refractivity contribution in [3.8, 4) is 11.3 Å². The molecule has 5 aromatic rings. The van der Waals surface area contributed by atoms with Gasteiger partial charge in [0.2, 0.25) is 0 Å². The lowest BCUT2D eigenvalue weighted by atomic mass is 10.0. The van der Waals surface area contributed by atoms with Gasteiger partial charge in [0, 0.05) is 30.6 Å². The summed E-state index contributed by atoms with van der Waals surface area (Å²) in [5.74, 6) is 0. The summed E-state index contributed by atoms with van der Waals surface area (Å²) >= 11 is 0. The Balaban J connectivity index is 1.22. The van der Waals surface area contributed by atoms with Crippen LogP contribution in [-0.4, -0.2) is 28.1 Å². The van der Waals surface area contributed by atoms with Gasteiger partial charge < -0.3 is 19.2 Å². The molecule has 0 spiro atoms. The van der Waals surface area contributed by atoms with Gasteiger partial charge in [-0.3, -0.25) is 0 Å². The Morgan fingerprint density at radius 2 is 1.54 bits per heavy atom. The summed E-state index contributed by atoms with van der Waals surface area (Å²) < 4.78 is 13.4. The van der Waals surface area contributed by atoms with Gasteiger partial charge in [0.25, 0.3) is 0 Å². The normalized spacial score (nSPS) is 11.8. The molecule has 2 aromatic heterocycles. The highest BCUT2D eigenvalue weighted by Gasteiger charge is 2.15. The lowest BCUT2D eigenvalue weighted by Crippen LogP contribution is -2.37. The zero-order valence-electron chi connectivity index (χ0n) is 22.1. The van der Waals surface area contributed by atoms with Crippen molar-refractivity contribution in [2.75, 3.05) is 6.61 Å². The van der Waals surface area contributed by atoms with Crippen LogP contribution in [0.5, 0.6) is 0 Å². The van der Waals surface area contributed by atoms with Crippen LogP contribution in [0.3, 0.4) is 0 Å². The standard InChI is InChI=1S/C33H33N3O3/c1-25-9-8-19-36-22-31(35-32(25)36)29-16-14-26(15-17-29)21-30(18-20-38-23-27-10-4-2-5-11-27)34-33(37)39-24-28-12-6-3-7-13-28/h2-17,19,22,30H,18,20-21,23-24H2,1H3,(H,34,37)/t30-/m1/s1. The number of alkyl carbamates (subject to hydrolysis) is 1. The molecule has 0 saturated carbocycles. The molecule has 0 fully saturated rings. The highest BCUT2D eigenvalue weighted by molar-refractivity contribution is 5.68. The van der Waals surface area contributed by atoms with E-state index in [9.17, 15) is 4.79 Å². The fraction of sp³-hybridized carbons (Fsp3) is 0.212. The van der Waals surface area contributed by atoms with Crippen molar-refractivity contribution in [2.24, 2.45) is 0 Å². The van der Waals surface area contributed by atoms with Gasteiger partial charge in [-0.2, -0.15) is 0 Å². The van der Waals surface area contributed by atoms with Crippen LogP contribution in [0.4, 0.5) is 4.79 Å². The number of fused-ring (bicyclic) bond motifs is 1. The Hall–Kier alpha value is -4.42. The first-order valence-electron chi connectivity index (χ1n) is 13.3. The topological polar surface area (TPSA) is 64.9 Å². The number of amides is 1. The SMILES string of the molecule is Cc1cccn2cc(-c3ccc(C[C@@H](CCOCc4ccccc4)NC(=O)OCc4ccccc4)cc3)nc12. The molecule has 5 rings (SSSR count). The molecule has 6 nitrogen and oxygen atoms in total. The highest BCUT2D eigenvalue weighted by Crippen LogP contribution is 2.22. The molecule has 6 heteroatoms. The van der Waals surface area contributed by atoms with Crippen LogP contribution >= 0.6 is 0 Å². The second kappa shape index (κ2) is 12.9. The molecule has 1 N–H and O–H groups in total. The van der Waals surface area contributed by atoms with E-state index in [1.165, 1.54) is 0 Å². The van der Waals surface area contributed by atoms with E-state index >= 15 is 0 Å². The van der Waals surface area contributed by atoms with Crippen molar-refractivity contribution in [1.29, 1.82) is 0 Å². The van der Waals surface area contributed by atoms with Crippen molar-refractivity contribution in [3.63, 3.8) is 0 Å². The number of hydrogen-bond donors (Lipinski definition) is 1. The molecule has 0 aliphatic carbocycles. The summed E-state index contributed by atoms with van der Waals surface area (Å²) in [6, 6.07) is 32.1. The van der Waals surface area contributed by atoms with Crippen LogP contribution in [0.25, 0.3) is 16.9 Å². The van der Waals surface area contributed by atoms with Gasteiger partial charge in [-0.25, -0.2) is 9.78 Å². The number of carbonyl (C=O) groups excluding carboxylic acids is 1. The van der Waals surface area contributed by atoms with Gasteiger partial charge in [-0.15, -0.1) is 0 Å². The summed E-state index contributed by atoms with van der Waals surface area (Å²) in [5, 5.41) is 3.05. The van der Waals surface area contributed by atoms with Crippen LogP contribution in [0, 0.1) is 6.92 Å². The molecule has 0 unspecified atom stereocenters. The third-order valence-corrected chi connectivity index (χ3v) is 6.67. The number of pyridine rings is 1. The Morgan fingerprint density at radius 3 is 2.23 bits per heavy atom. The summed E-state index contributed by atoms with van der Waals surface area (Å²) in [7, 11) is 0. The van der Waals surface area contributed by atoms with E-state index in [0.29, 0.717) is 26.1 Å². The second-order valence-electron chi connectivity index (χ2n) is 9.68. The van der Waals surface area contributed by atoms with Crippen molar-refractivity contribution < 1.29 is 14.3 Å². The molecule has 198 valence electrons. The minimum Gasteiger partial charge on any atom is -0.445 e. The average Bonchev–Trinajstić information content (AvgIpc) is 3.42. The molecule has 1 amide bonds. The first-order chi connectivity index (χ1) is 19.1. The number of rotatable bonds is 11. The van der Waals surface area contributed by atoms with E-state index in [2.05, 4.69) is 53.2 Å². The predicted octanol–water partition coefficient (Wildman–Crippen LogP) is 6.75. The van der Waals surface area contributed by atoms with Crippen molar-refractivity contribution in [1.82, 2.24) is 14.7 Å². The fourth-order valence-corrected chi connectivity index (χ4v) is 4.54. The lowest BCUT2D eigenvalue weighted by molar-refractivity contribution is 0.105. The first-order valence-corrected chi connectivity index (χ1v) is 13.3. The third kappa shape index (κ3) is 7.33. The first kappa shape index (κ1) is 26.2. The quantitative estimate of drug-likeness (QED) is 0.196. The maximum Gasteiger partial charge on any atom is 0.407 e. The Morgan fingerprint density at radius 1 is 0.846 bits per heavy atom. The van der Waals surface area contributed by atoms with E-state index in [1.54, 1.807) is 0 Å². The molecule has 0 aliphatic heterocycles. The van der Waals surface area contributed by atoms with Crippen LogP contribution in [0.1, 0.15) is 28.7 Å². The summed E-state index contributed by atoms with van der Waals surface area (Å²) in [6.07, 6.45) is 4.97. The van der Waals surface area contributed by atoms with E-state index in [4.69, 9.17) is 14.5 Å². The smallest absolute Gasteiger partial charge is 0.407 e. The van der Waals surface area contributed by atoms with Crippen molar-refractivity contribution in [2.45, 2.75) is 39.0 Å². The van der Waals surface area contributed by atoms with Gasteiger partial charge in [-0.05, 0) is 48.1 Å². The van der Waals surface area contributed by atoms with Crippen LogP contribution in [-0.2, 0) is 29.1 Å². The minimum atomic E-state index is -0.427. The molecule has 0 bridgehead atoms. The predicted molar refractivity (Wildman–Crippen MR) is 153 cm³/mol. The number of aromatic nitrogens is 2. The average molecular weight is 520 g/mol. The number of ether oxygens (including phenoxy) is 2. The number of benzene rings is 3. The van der Waals surface area contributed by atoms with Gasteiger partial charge in [0.15, 0.2) is 0 Å². The lowest BCUT2D eigenvalue weighted by Gasteiger charge is -2.19. The van der Waals surface area contributed by atoms with Gasteiger partial charge >= 0.3 is 6.09 Å². The molecular formula is C33H33N3O3. The number of nitrogens with zero attached hydrogens (tertiary/aromatic N) is 2. The zero-order valence-corrected chi connectivity index (χ0v) is 22.1. The number of imidazole rings is 1. The fourth-order valence-electron chi connectivity index (χ4n) is 4.54. The maximum atomic E-state index is 12.6. The summed E-state index contributed by atoms with van der Waals surface area (Å²) in [4.78, 5) is 17.4. The van der Waals surface area contributed by atoms with Crippen molar-refractivity contribution in [3.05, 3.63) is 132 Å². The monoisotopic (exact) mass is 519 g/mol. The Bertz CT molecular complexity index is 1480. The molecule has 0 aliphatic rings. The van der Waals surface area contributed by atoms with Crippen LogP contribution < -0.4 is 5.32 Å². The largest absolute Gasteiger partial charge is 0.445 e. The van der Waals surface area contributed by atoms with Gasteiger partial charge in [0.1, 0.15) is 12.3 Å². The summed E-state index contributed by atoms with van der Waals surface area (Å²) in [6.45, 7) is 3.37. The number of nitrogens with one attached hydrogen (secondary N) is 1. The zero-order chi connectivity index (χ0) is 26.9.